The summed E-state index contributed by atoms with van der Waals surface area (Å²) in [6.07, 6.45) is 2.31. The van der Waals surface area contributed by atoms with Gasteiger partial charge >= 0.3 is 18.9 Å². The van der Waals surface area contributed by atoms with Gasteiger partial charge in [-0.2, -0.15) is 5.98 Å². The zero-order valence-electron chi connectivity index (χ0n) is 12.4. The van der Waals surface area contributed by atoms with Gasteiger partial charge in [-0.1, -0.05) is 18.2 Å². The van der Waals surface area contributed by atoms with Crippen LogP contribution in [-0.4, -0.2) is 25.9 Å². The van der Waals surface area contributed by atoms with E-state index < -0.39 is 6.55 Å². The zero-order valence-corrected chi connectivity index (χ0v) is 12.4. The molecule has 1 aromatic rings. The Kier molecular flexibility index (Phi) is 5.76. The Balaban J connectivity index is 0.00000180. The van der Waals surface area contributed by atoms with Gasteiger partial charge < -0.3 is 14.0 Å². The van der Waals surface area contributed by atoms with Gasteiger partial charge in [0.1, 0.15) is 5.75 Å². The van der Waals surface area contributed by atoms with E-state index in [2.05, 4.69) is 0 Å². The first-order valence-corrected chi connectivity index (χ1v) is 6.40. The van der Waals surface area contributed by atoms with Crippen LogP contribution in [-0.2, 0) is 9.31 Å². The normalized spacial score (nSPS) is 30.3. The molecule has 0 bridgehead atoms. The fraction of sp³-hybridized carbons (Fsp3) is 0.429. The van der Waals surface area contributed by atoms with E-state index in [0.717, 1.165) is 11.3 Å². The molecule has 0 aromatic heterocycles. The van der Waals surface area contributed by atoms with Gasteiger partial charge in [0.15, 0.2) is 0 Å². The Labute approximate surface area is 127 Å². The van der Waals surface area contributed by atoms with Crippen LogP contribution in [0.25, 0.3) is 6.08 Å². The van der Waals surface area contributed by atoms with E-state index in [4.69, 9.17) is 14.0 Å². The number of hydrogen-bond acceptors (Lipinski definition) is 3. The fourth-order valence-corrected chi connectivity index (χ4v) is 2.23. The Bertz CT molecular complexity index is 440. The molecule has 0 spiro atoms. The van der Waals surface area contributed by atoms with Crippen LogP contribution in [0.1, 0.15) is 19.4 Å². The van der Waals surface area contributed by atoms with Crippen molar-refractivity contribution < 1.29 is 32.9 Å². The van der Waals surface area contributed by atoms with Crippen molar-refractivity contribution in [3.63, 3.8) is 0 Å². The van der Waals surface area contributed by atoms with E-state index in [1.54, 1.807) is 7.11 Å². The van der Waals surface area contributed by atoms with E-state index in [1.165, 1.54) is 0 Å². The second-order valence-corrected chi connectivity index (χ2v) is 4.99. The summed E-state index contributed by atoms with van der Waals surface area (Å²) in [5.74, 6) is 2.86. The van der Waals surface area contributed by atoms with Gasteiger partial charge in [0.05, 0.1) is 7.11 Å². The third-order valence-electron chi connectivity index (χ3n) is 3.36. The smallest absolute Gasteiger partial charge is 0.561 e. The van der Waals surface area contributed by atoms with E-state index in [9.17, 15) is 0 Å². The SMILES string of the molecule is COc1cccc(/C=C/[B-]2(C)OC(C)C(C)O2)c1.[Li+]. The molecule has 0 aliphatic carbocycles. The quantitative estimate of drug-likeness (QED) is 0.718. The maximum atomic E-state index is 5.86. The van der Waals surface area contributed by atoms with Gasteiger partial charge in [-0.3, -0.25) is 0 Å². The van der Waals surface area contributed by atoms with Crippen LogP contribution in [0.2, 0.25) is 6.82 Å². The molecule has 5 heteroatoms. The molecule has 0 amide bonds. The molecule has 1 saturated heterocycles. The van der Waals surface area contributed by atoms with Crippen LogP contribution in [0.3, 0.4) is 0 Å². The van der Waals surface area contributed by atoms with Gasteiger partial charge in [-0.05, 0) is 31.5 Å². The van der Waals surface area contributed by atoms with Crippen LogP contribution < -0.4 is 23.6 Å². The van der Waals surface area contributed by atoms with E-state index in [0.29, 0.717) is 0 Å². The molecule has 2 atom stereocenters. The summed E-state index contributed by atoms with van der Waals surface area (Å²) >= 11 is 0. The van der Waals surface area contributed by atoms with Crippen molar-refractivity contribution in [3.8, 4) is 5.75 Å². The molecule has 0 saturated carbocycles. The van der Waals surface area contributed by atoms with Crippen molar-refractivity contribution in [2.45, 2.75) is 32.9 Å². The Morgan fingerprint density at radius 2 is 1.84 bits per heavy atom. The minimum absolute atomic E-state index is 0. The number of benzene rings is 1. The Hall–Kier alpha value is -0.658. The van der Waals surface area contributed by atoms with Gasteiger partial charge in [0.25, 0.3) is 6.55 Å². The fourth-order valence-electron chi connectivity index (χ4n) is 2.23. The summed E-state index contributed by atoms with van der Waals surface area (Å²) in [5, 5.41) is 0. The van der Waals surface area contributed by atoms with Crippen molar-refractivity contribution in [1.29, 1.82) is 0 Å². The summed E-state index contributed by atoms with van der Waals surface area (Å²) in [6, 6.07) is 7.91. The summed E-state index contributed by atoms with van der Waals surface area (Å²) in [5.41, 5.74) is 1.08. The summed E-state index contributed by atoms with van der Waals surface area (Å²) in [4.78, 5) is 0. The van der Waals surface area contributed by atoms with Crippen LogP contribution in [0.15, 0.2) is 30.2 Å². The van der Waals surface area contributed by atoms with Crippen LogP contribution >= 0.6 is 0 Å². The molecule has 1 heterocycles. The number of methoxy groups -OCH3 is 1. The molecule has 0 N–H and O–H groups in total. The predicted octanol–water partition coefficient (Wildman–Crippen LogP) is 0.147. The third kappa shape index (κ3) is 4.16. The topological polar surface area (TPSA) is 27.7 Å². The molecule has 1 aliphatic heterocycles. The van der Waals surface area contributed by atoms with Gasteiger partial charge in [0, 0.05) is 12.2 Å². The standard InChI is InChI=1S/C14H20BO3.Li/c1-11-12(2)18-15(3,17-11)9-8-13-6-5-7-14(10-13)16-4;/h5-12H,1-4H3;/q-1;+1/b9-8+;. The molecular weight excluding hydrogens is 234 g/mol. The molecule has 98 valence electrons. The van der Waals surface area contributed by atoms with Crippen molar-refractivity contribution >= 4 is 12.6 Å². The first-order chi connectivity index (χ1) is 8.52. The molecule has 2 unspecified atom stereocenters. The molecule has 1 fully saturated rings. The van der Waals surface area contributed by atoms with Crippen LogP contribution in [0.4, 0.5) is 0 Å². The second-order valence-electron chi connectivity index (χ2n) is 4.99. The van der Waals surface area contributed by atoms with Gasteiger partial charge in [-0.25, -0.2) is 0 Å². The average molecular weight is 254 g/mol. The van der Waals surface area contributed by atoms with Crippen molar-refractivity contribution in [2.75, 3.05) is 7.11 Å². The number of hydrogen-bond donors (Lipinski definition) is 0. The molecule has 1 aliphatic rings. The van der Waals surface area contributed by atoms with Crippen molar-refractivity contribution in [3.05, 3.63) is 35.8 Å². The van der Waals surface area contributed by atoms with Gasteiger partial charge in [0.2, 0.25) is 0 Å². The van der Waals surface area contributed by atoms with E-state index in [-0.39, 0.29) is 31.1 Å². The van der Waals surface area contributed by atoms with Crippen LogP contribution in [0.5, 0.6) is 5.75 Å². The minimum atomic E-state index is -1.32. The summed E-state index contributed by atoms with van der Waals surface area (Å²) in [6.45, 7) is 4.76. The molecule has 2 rings (SSSR count). The molecule has 3 nitrogen and oxygen atoms in total. The number of rotatable bonds is 3. The second kappa shape index (κ2) is 6.67. The number of ether oxygens (including phenoxy) is 1. The molecule has 19 heavy (non-hydrogen) atoms. The summed E-state index contributed by atoms with van der Waals surface area (Å²) < 4.78 is 16.9. The van der Waals surface area contributed by atoms with Gasteiger partial charge in [-0.15, -0.1) is 6.82 Å². The summed E-state index contributed by atoms with van der Waals surface area (Å²) in [7, 11) is 1.67. The van der Waals surface area contributed by atoms with Crippen molar-refractivity contribution in [1.82, 2.24) is 0 Å². The van der Waals surface area contributed by atoms with E-state index >= 15 is 0 Å². The van der Waals surface area contributed by atoms with Crippen LogP contribution in [0, 0.1) is 0 Å². The Morgan fingerprint density at radius 3 is 2.42 bits per heavy atom. The maximum absolute atomic E-state index is 5.86. The minimum Gasteiger partial charge on any atom is -0.561 e. The molecule has 1 aromatic carbocycles. The van der Waals surface area contributed by atoms with Crippen molar-refractivity contribution in [2.24, 2.45) is 0 Å². The Morgan fingerprint density at radius 1 is 1.21 bits per heavy atom. The van der Waals surface area contributed by atoms with E-state index in [1.807, 2.05) is 57.0 Å². The predicted molar refractivity (Wildman–Crippen MR) is 74.7 cm³/mol. The largest absolute Gasteiger partial charge is 1.00 e. The monoisotopic (exact) mass is 254 g/mol. The zero-order chi connectivity index (χ0) is 13.2. The average Bonchev–Trinajstić information content (AvgIpc) is 2.62. The first-order valence-electron chi connectivity index (χ1n) is 6.40. The first kappa shape index (κ1) is 16.4. The maximum Gasteiger partial charge on any atom is 1.00 e. The molecular formula is C14H20BLiO3. The molecule has 0 radical (unpaired) electrons. The third-order valence-corrected chi connectivity index (χ3v) is 3.36.